The summed E-state index contributed by atoms with van der Waals surface area (Å²) >= 11 is 0. The number of nitrogens with zero attached hydrogens (tertiary/aromatic N) is 2. The summed E-state index contributed by atoms with van der Waals surface area (Å²) in [7, 11) is 0. The van der Waals surface area contributed by atoms with Crippen molar-refractivity contribution in [1.82, 2.24) is 15.1 Å². The second kappa shape index (κ2) is 6.82. The highest BCUT2D eigenvalue weighted by Gasteiger charge is 2.39. The lowest BCUT2D eigenvalue weighted by Gasteiger charge is -2.32. The third-order valence-corrected chi connectivity index (χ3v) is 4.87. The molecular weight excluding hydrogens is 318 g/mol. The lowest BCUT2D eigenvalue weighted by molar-refractivity contribution is -0.121. The van der Waals surface area contributed by atoms with Crippen LogP contribution in [-0.4, -0.2) is 60.8 Å². The maximum absolute atomic E-state index is 12.3. The molecule has 2 aliphatic rings. The molecular formula is C19H21N3O3. The number of carbonyl (C=O) groups is 2. The van der Waals surface area contributed by atoms with E-state index in [1.165, 1.54) is 5.39 Å². The first kappa shape index (κ1) is 16.1. The van der Waals surface area contributed by atoms with Gasteiger partial charge in [-0.25, -0.2) is 4.79 Å². The predicted molar refractivity (Wildman–Crippen MR) is 94.1 cm³/mol. The average Bonchev–Trinajstić information content (AvgIpc) is 2.89. The fourth-order valence-corrected chi connectivity index (χ4v) is 3.46. The molecule has 0 saturated carbocycles. The SMILES string of the molecule is O=C1NC(=O)N(CN2CCOCC2)C1Cc1ccc2ccccc2c1. The molecule has 130 valence electrons. The molecule has 2 heterocycles. The van der Waals surface area contributed by atoms with Gasteiger partial charge in [0, 0.05) is 19.5 Å². The number of hydrogen-bond acceptors (Lipinski definition) is 4. The van der Waals surface area contributed by atoms with Crippen LogP contribution in [0.15, 0.2) is 42.5 Å². The molecule has 2 aliphatic heterocycles. The predicted octanol–water partition coefficient (Wildman–Crippen LogP) is 1.59. The Morgan fingerprint density at radius 1 is 1.04 bits per heavy atom. The van der Waals surface area contributed by atoms with Gasteiger partial charge in [-0.15, -0.1) is 0 Å². The highest BCUT2D eigenvalue weighted by atomic mass is 16.5. The summed E-state index contributed by atoms with van der Waals surface area (Å²) in [6.45, 7) is 3.35. The molecule has 6 nitrogen and oxygen atoms in total. The maximum atomic E-state index is 12.3. The molecule has 1 unspecified atom stereocenters. The summed E-state index contributed by atoms with van der Waals surface area (Å²) in [6.07, 6.45) is 0.521. The number of morpholine rings is 1. The minimum atomic E-state index is -0.462. The van der Waals surface area contributed by atoms with E-state index in [1.807, 2.05) is 18.2 Å². The fraction of sp³-hybridized carbons (Fsp3) is 0.368. The quantitative estimate of drug-likeness (QED) is 0.860. The number of nitrogens with one attached hydrogen (secondary N) is 1. The van der Waals surface area contributed by atoms with Gasteiger partial charge < -0.3 is 4.74 Å². The number of rotatable bonds is 4. The summed E-state index contributed by atoms with van der Waals surface area (Å²) in [6, 6.07) is 13.6. The van der Waals surface area contributed by atoms with E-state index in [4.69, 9.17) is 4.74 Å². The van der Waals surface area contributed by atoms with Crippen LogP contribution in [0.5, 0.6) is 0 Å². The molecule has 0 spiro atoms. The molecule has 0 aliphatic carbocycles. The molecule has 1 N–H and O–H groups in total. The van der Waals surface area contributed by atoms with E-state index in [0.29, 0.717) is 26.3 Å². The van der Waals surface area contributed by atoms with Crippen LogP contribution in [0, 0.1) is 0 Å². The van der Waals surface area contributed by atoms with Crippen molar-refractivity contribution in [1.29, 1.82) is 0 Å². The van der Waals surface area contributed by atoms with Crippen LogP contribution in [-0.2, 0) is 16.0 Å². The minimum Gasteiger partial charge on any atom is -0.379 e. The molecule has 2 aromatic carbocycles. The van der Waals surface area contributed by atoms with Crippen molar-refractivity contribution < 1.29 is 14.3 Å². The summed E-state index contributed by atoms with van der Waals surface area (Å²) in [5.74, 6) is -0.216. The second-order valence-corrected chi connectivity index (χ2v) is 6.54. The highest BCUT2D eigenvalue weighted by Crippen LogP contribution is 2.20. The number of carbonyl (C=O) groups excluding carboxylic acids is 2. The normalized spacial score (nSPS) is 21.8. The van der Waals surface area contributed by atoms with Crippen LogP contribution >= 0.6 is 0 Å². The molecule has 25 heavy (non-hydrogen) atoms. The molecule has 0 bridgehead atoms. The van der Waals surface area contributed by atoms with Crippen LogP contribution < -0.4 is 5.32 Å². The van der Waals surface area contributed by atoms with Crippen molar-refractivity contribution in [3.63, 3.8) is 0 Å². The fourth-order valence-electron chi connectivity index (χ4n) is 3.46. The van der Waals surface area contributed by atoms with E-state index < -0.39 is 6.04 Å². The van der Waals surface area contributed by atoms with Gasteiger partial charge in [-0.3, -0.25) is 19.9 Å². The Bertz CT molecular complexity index is 801. The molecule has 1 atom stereocenters. The zero-order valence-corrected chi connectivity index (χ0v) is 14.0. The van der Waals surface area contributed by atoms with E-state index >= 15 is 0 Å². The Labute approximate surface area is 146 Å². The molecule has 2 fully saturated rings. The smallest absolute Gasteiger partial charge is 0.325 e. The Morgan fingerprint density at radius 3 is 2.60 bits per heavy atom. The van der Waals surface area contributed by atoms with Gasteiger partial charge in [-0.1, -0.05) is 42.5 Å². The number of imide groups is 1. The highest BCUT2D eigenvalue weighted by molar-refractivity contribution is 6.04. The topological polar surface area (TPSA) is 61.9 Å². The van der Waals surface area contributed by atoms with Gasteiger partial charge in [-0.2, -0.15) is 0 Å². The first-order chi connectivity index (χ1) is 12.2. The Balaban J connectivity index is 1.53. The lowest BCUT2D eigenvalue weighted by Crippen LogP contribution is -2.48. The van der Waals surface area contributed by atoms with Gasteiger partial charge >= 0.3 is 6.03 Å². The number of urea groups is 1. The van der Waals surface area contributed by atoms with Crippen LogP contribution in [0.4, 0.5) is 4.79 Å². The maximum Gasteiger partial charge on any atom is 0.325 e. The van der Waals surface area contributed by atoms with E-state index in [0.717, 1.165) is 24.0 Å². The number of fused-ring (bicyclic) bond motifs is 1. The Kier molecular flexibility index (Phi) is 4.38. The molecule has 3 amide bonds. The summed E-state index contributed by atoms with van der Waals surface area (Å²) in [5, 5.41) is 4.77. The molecule has 4 rings (SSSR count). The van der Waals surface area contributed by atoms with Gasteiger partial charge in [0.1, 0.15) is 6.04 Å². The van der Waals surface area contributed by atoms with Crippen molar-refractivity contribution in [2.75, 3.05) is 33.0 Å². The van der Waals surface area contributed by atoms with E-state index in [9.17, 15) is 9.59 Å². The van der Waals surface area contributed by atoms with Crippen molar-refractivity contribution in [2.45, 2.75) is 12.5 Å². The van der Waals surface area contributed by atoms with Crippen LogP contribution in [0.3, 0.4) is 0 Å². The van der Waals surface area contributed by atoms with Crippen molar-refractivity contribution in [3.05, 3.63) is 48.0 Å². The van der Waals surface area contributed by atoms with E-state index in [-0.39, 0.29) is 11.9 Å². The van der Waals surface area contributed by atoms with Crippen LogP contribution in [0.2, 0.25) is 0 Å². The molecule has 2 saturated heterocycles. The third kappa shape index (κ3) is 3.36. The first-order valence-electron chi connectivity index (χ1n) is 8.60. The van der Waals surface area contributed by atoms with Crippen molar-refractivity contribution in [3.8, 4) is 0 Å². The van der Waals surface area contributed by atoms with Crippen LogP contribution in [0.25, 0.3) is 10.8 Å². The standard InChI is InChI=1S/C19H21N3O3/c23-18-17(12-14-5-6-15-3-1-2-4-16(15)11-14)22(19(24)20-18)13-21-7-9-25-10-8-21/h1-6,11,17H,7-10,12-13H2,(H,20,23,24). The van der Waals surface area contributed by atoms with Crippen molar-refractivity contribution >= 4 is 22.7 Å². The summed E-state index contributed by atoms with van der Waals surface area (Å²) < 4.78 is 5.35. The monoisotopic (exact) mass is 339 g/mol. The van der Waals surface area contributed by atoms with Crippen molar-refractivity contribution in [2.24, 2.45) is 0 Å². The molecule has 6 heteroatoms. The Hall–Kier alpha value is -2.44. The summed E-state index contributed by atoms with van der Waals surface area (Å²) in [5.41, 5.74) is 1.06. The van der Waals surface area contributed by atoms with Gasteiger partial charge in [0.05, 0.1) is 19.9 Å². The second-order valence-electron chi connectivity index (χ2n) is 6.54. The molecule has 2 aromatic rings. The Morgan fingerprint density at radius 2 is 1.80 bits per heavy atom. The zero-order valence-electron chi connectivity index (χ0n) is 14.0. The summed E-state index contributed by atoms with van der Waals surface area (Å²) in [4.78, 5) is 28.3. The van der Waals surface area contributed by atoms with Gasteiger partial charge in [0.2, 0.25) is 0 Å². The number of amides is 3. The van der Waals surface area contributed by atoms with Gasteiger partial charge in [0.25, 0.3) is 5.91 Å². The minimum absolute atomic E-state index is 0.216. The molecule has 0 radical (unpaired) electrons. The van der Waals surface area contributed by atoms with E-state index in [1.54, 1.807) is 4.90 Å². The zero-order chi connectivity index (χ0) is 17.2. The van der Waals surface area contributed by atoms with Gasteiger partial charge in [-0.05, 0) is 16.3 Å². The number of hydrogen-bond donors (Lipinski definition) is 1. The van der Waals surface area contributed by atoms with Crippen LogP contribution in [0.1, 0.15) is 5.56 Å². The average molecular weight is 339 g/mol. The third-order valence-electron chi connectivity index (χ3n) is 4.87. The molecule has 0 aromatic heterocycles. The van der Waals surface area contributed by atoms with Gasteiger partial charge in [0.15, 0.2) is 0 Å². The number of benzene rings is 2. The lowest BCUT2D eigenvalue weighted by atomic mass is 10.0. The first-order valence-corrected chi connectivity index (χ1v) is 8.60. The number of ether oxygens (including phenoxy) is 1. The van der Waals surface area contributed by atoms with E-state index in [2.05, 4.69) is 34.5 Å². The largest absolute Gasteiger partial charge is 0.379 e.